The molecule has 2 rings (SSSR count). The van der Waals surface area contributed by atoms with Gasteiger partial charge < -0.3 is 5.32 Å². The summed E-state index contributed by atoms with van der Waals surface area (Å²) in [5.74, 6) is 0.766. The number of tetrazole rings is 1. The minimum absolute atomic E-state index is 0.501. The first-order chi connectivity index (χ1) is 8.66. The topological polar surface area (TPSA) is 55.6 Å². The van der Waals surface area contributed by atoms with Crippen LogP contribution in [0.25, 0.3) is 0 Å². The standard InChI is InChI=1S/C12H23N5S/c1-9(2)6-7-13-8-10(3)18-12-14-15-16-17(12)11-4-5-11/h9-11,13H,4-8H2,1-3H3. The zero-order chi connectivity index (χ0) is 13.0. The Morgan fingerprint density at radius 1 is 1.39 bits per heavy atom. The maximum Gasteiger partial charge on any atom is 0.209 e. The van der Waals surface area contributed by atoms with E-state index < -0.39 is 0 Å². The van der Waals surface area contributed by atoms with Crippen molar-refractivity contribution in [2.24, 2.45) is 5.92 Å². The summed E-state index contributed by atoms with van der Waals surface area (Å²) in [5.41, 5.74) is 0. The summed E-state index contributed by atoms with van der Waals surface area (Å²) in [6, 6.07) is 0.559. The third kappa shape index (κ3) is 4.24. The second kappa shape index (κ2) is 6.52. The molecular weight excluding hydrogens is 246 g/mol. The maximum atomic E-state index is 4.11. The zero-order valence-electron chi connectivity index (χ0n) is 11.5. The van der Waals surface area contributed by atoms with Crippen LogP contribution in [0.15, 0.2) is 5.16 Å². The molecule has 102 valence electrons. The van der Waals surface area contributed by atoms with Gasteiger partial charge in [0.15, 0.2) is 0 Å². The molecule has 6 heteroatoms. The molecule has 0 spiro atoms. The van der Waals surface area contributed by atoms with E-state index in [0.29, 0.717) is 11.3 Å². The number of hydrogen-bond acceptors (Lipinski definition) is 5. The normalized spacial score (nSPS) is 17.3. The lowest BCUT2D eigenvalue weighted by Crippen LogP contribution is -2.24. The Bertz CT molecular complexity index is 361. The number of hydrogen-bond donors (Lipinski definition) is 1. The molecule has 1 N–H and O–H groups in total. The molecule has 1 fully saturated rings. The number of nitrogens with one attached hydrogen (secondary N) is 1. The Morgan fingerprint density at radius 3 is 2.83 bits per heavy atom. The van der Waals surface area contributed by atoms with Crippen LogP contribution in [0, 0.1) is 5.92 Å². The SMILES string of the molecule is CC(C)CCNCC(C)Sc1nnnn1C1CC1. The average Bonchev–Trinajstić information content (AvgIpc) is 3.06. The minimum atomic E-state index is 0.501. The fourth-order valence-corrected chi connectivity index (χ4v) is 2.67. The molecule has 1 aliphatic rings. The van der Waals surface area contributed by atoms with Crippen LogP contribution in [-0.2, 0) is 0 Å². The first-order valence-electron chi connectivity index (χ1n) is 6.82. The van der Waals surface area contributed by atoms with Gasteiger partial charge in [0.2, 0.25) is 5.16 Å². The van der Waals surface area contributed by atoms with Crippen LogP contribution in [0.1, 0.15) is 46.1 Å². The second-order valence-electron chi connectivity index (χ2n) is 5.45. The average molecular weight is 269 g/mol. The molecule has 5 nitrogen and oxygen atoms in total. The van der Waals surface area contributed by atoms with E-state index in [1.807, 2.05) is 4.68 Å². The van der Waals surface area contributed by atoms with Gasteiger partial charge in [-0.2, -0.15) is 0 Å². The molecular formula is C12H23N5S. The van der Waals surface area contributed by atoms with Crippen LogP contribution in [0.4, 0.5) is 0 Å². The summed E-state index contributed by atoms with van der Waals surface area (Å²) < 4.78 is 1.98. The lowest BCUT2D eigenvalue weighted by molar-refractivity contribution is 0.537. The summed E-state index contributed by atoms with van der Waals surface area (Å²) in [4.78, 5) is 0. The third-order valence-corrected chi connectivity index (χ3v) is 4.04. The van der Waals surface area contributed by atoms with Gasteiger partial charge in [-0.25, -0.2) is 4.68 Å². The van der Waals surface area contributed by atoms with Gasteiger partial charge in [-0.05, 0) is 42.2 Å². The van der Waals surface area contributed by atoms with E-state index >= 15 is 0 Å². The third-order valence-electron chi connectivity index (χ3n) is 2.99. The summed E-state index contributed by atoms with van der Waals surface area (Å²) >= 11 is 1.77. The Labute approximate surface area is 113 Å². The molecule has 0 radical (unpaired) electrons. The Kier molecular flexibility index (Phi) is 5.00. The molecule has 0 amide bonds. The molecule has 0 bridgehead atoms. The van der Waals surface area contributed by atoms with Gasteiger partial charge in [0.1, 0.15) is 0 Å². The minimum Gasteiger partial charge on any atom is -0.316 e. The predicted octanol–water partition coefficient (Wildman–Crippen LogP) is 2.12. The van der Waals surface area contributed by atoms with Crippen molar-refractivity contribution >= 4 is 11.8 Å². The van der Waals surface area contributed by atoms with Crippen LogP contribution in [0.2, 0.25) is 0 Å². The van der Waals surface area contributed by atoms with Crippen LogP contribution >= 0.6 is 11.8 Å². The first kappa shape index (κ1) is 13.8. The van der Waals surface area contributed by atoms with Gasteiger partial charge in [-0.15, -0.1) is 5.10 Å². The Balaban J connectivity index is 1.70. The van der Waals surface area contributed by atoms with E-state index in [2.05, 4.69) is 41.6 Å². The van der Waals surface area contributed by atoms with Crippen molar-refractivity contribution in [3.05, 3.63) is 0 Å². The van der Waals surface area contributed by atoms with E-state index in [9.17, 15) is 0 Å². The monoisotopic (exact) mass is 269 g/mol. The number of thioether (sulfide) groups is 1. The van der Waals surface area contributed by atoms with Crippen molar-refractivity contribution < 1.29 is 0 Å². The predicted molar refractivity (Wildman–Crippen MR) is 73.7 cm³/mol. The van der Waals surface area contributed by atoms with E-state index in [1.165, 1.54) is 19.3 Å². The van der Waals surface area contributed by atoms with Gasteiger partial charge in [0.25, 0.3) is 0 Å². The summed E-state index contributed by atoms with van der Waals surface area (Å²) in [7, 11) is 0. The molecule has 1 aromatic heterocycles. The molecule has 0 saturated heterocycles. The van der Waals surface area contributed by atoms with Gasteiger partial charge in [0.05, 0.1) is 6.04 Å². The quantitative estimate of drug-likeness (QED) is 0.579. The highest BCUT2D eigenvalue weighted by Gasteiger charge is 2.28. The number of nitrogens with zero attached hydrogens (tertiary/aromatic N) is 4. The largest absolute Gasteiger partial charge is 0.316 e. The Morgan fingerprint density at radius 2 is 2.17 bits per heavy atom. The lowest BCUT2D eigenvalue weighted by Gasteiger charge is -2.12. The summed E-state index contributed by atoms with van der Waals surface area (Å²) in [6.45, 7) is 8.83. The summed E-state index contributed by atoms with van der Waals surface area (Å²) in [5, 5.41) is 16.9. The van der Waals surface area contributed by atoms with Crippen LogP contribution in [0.3, 0.4) is 0 Å². The van der Waals surface area contributed by atoms with E-state index in [0.717, 1.165) is 24.2 Å². The molecule has 1 aromatic rings. The highest BCUT2D eigenvalue weighted by atomic mass is 32.2. The smallest absolute Gasteiger partial charge is 0.209 e. The van der Waals surface area contributed by atoms with Crippen molar-refractivity contribution in [2.75, 3.05) is 13.1 Å². The van der Waals surface area contributed by atoms with Crippen molar-refractivity contribution in [2.45, 2.75) is 56.5 Å². The highest BCUT2D eigenvalue weighted by Crippen LogP contribution is 2.36. The van der Waals surface area contributed by atoms with E-state index in [1.54, 1.807) is 11.8 Å². The highest BCUT2D eigenvalue weighted by molar-refractivity contribution is 7.99. The van der Waals surface area contributed by atoms with Crippen molar-refractivity contribution in [1.82, 2.24) is 25.5 Å². The molecule has 1 aliphatic carbocycles. The molecule has 18 heavy (non-hydrogen) atoms. The van der Waals surface area contributed by atoms with Crippen molar-refractivity contribution in [3.8, 4) is 0 Å². The van der Waals surface area contributed by atoms with Crippen LogP contribution in [0.5, 0.6) is 0 Å². The van der Waals surface area contributed by atoms with E-state index in [-0.39, 0.29) is 0 Å². The molecule has 1 unspecified atom stereocenters. The first-order valence-corrected chi connectivity index (χ1v) is 7.70. The number of aromatic nitrogens is 4. The second-order valence-corrected chi connectivity index (χ2v) is 6.86. The maximum absolute atomic E-state index is 4.11. The number of rotatable bonds is 8. The Hall–Kier alpha value is -0.620. The lowest BCUT2D eigenvalue weighted by atomic mass is 10.1. The van der Waals surface area contributed by atoms with Gasteiger partial charge in [-0.1, -0.05) is 32.5 Å². The van der Waals surface area contributed by atoms with Crippen molar-refractivity contribution in [3.63, 3.8) is 0 Å². The molecule has 1 atom stereocenters. The molecule has 1 saturated carbocycles. The van der Waals surface area contributed by atoms with Gasteiger partial charge >= 0.3 is 0 Å². The molecule has 0 aliphatic heterocycles. The fourth-order valence-electron chi connectivity index (χ4n) is 1.73. The van der Waals surface area contributed by atoms with Crippen LogP contribution in [-0.4, -0.2) is 38.5 Å². The molecule has 1 heterocycles. The zero-order valence-corrected chi connectivity index (χ0v) is 12.3. The fraction of sp³-hybridized carbons (Fsp3) is 0.917. The summed E-state index contributed by atoms with van der Waals surface area (Å²) in [6.07, 6.45) is 3.68. The molecule has 0 aromatic carbocycles. The van der Waals surface area contributed by atoms with Crippen molar-refractivity contribution in [1.29, 1.82) is 0 Å². The van der Waals surface area contributed by atoms with E-state index in [4.69, 9.17) is 0 Å². The van der Waals surface area contributed by atoms with Gasteiger partial charge in [0, 0.05) is 11.8 Å². The van der Waals surface area contributed by atoms with Crippen LogP contribution < -0.4 is 5.32 Å². The van der Waals surface area contributed by atoms with Gasteiger partial charge in [-0.3, -0.25) is 0 Å².